The maximum Gasteiger partial charge on any atom is 0.106 e. The molecule has 56 valence electrons. The molecule has 3 nitrogen and oxygen atoms in total. The molecular weight excluding hydrogens is 138 g/mol. The molecule has 1 heterocycles. The SMILES string of the molecule is C=Nc1cccnc1C=NC. The van der Waals surface area contributed by atoms with Gasteiger partial charge in [-0.3, -0.25) is 15.0 Å². The zero-order valence-corrected chi connectivity index (χ0v) is 6.36. The second kappa shape index (κ2) is 3.61. The maximum absolute atomic E-state index is 4.06. The number of hydrogen-bond donors (Lipinski definition) is 0. The van der Waals surface area contributed by atoms with E-state index < -0.39 is 0 Å². The van der Waals surface area contributed by atoms with E-state index in [4.69, 9.17) is 0 Å². The number of nitrogens with zero attached hydrogens (tertiary/aromatic N) is 3. The van der Waals surface area contributed by atoms with Crippen LogP contribution < -0.4 is 0 Å². The van der Waals surface area contributed by atoms with E-state index in [1.807, 2.05) is 12.1 Å². The highest BCUT2D eigenvalue weighted by Gasteiger charge is 1.94. The van der Waals surface area contributed by atoms with Gasteiger partial charge in [-0.1, -0.05) is 0 Å². The predicted molar refractivity (Wildman–Crippen MR) is 47.0 cm³/mol. The van der Waals surface area contributed by atoms with Crippen molar-refractivity contribution >= 4 is 18.6 Å². The largest absolute Gasteiger partial charge is 0.294 e. The highest BCUT2D eigenvalue weighted by atomic mass is 14.8. The highest BCUT2D eigenvalue weighted by molar-refractivity contribution is 5.84. The van der Waals surface area contributed by atoms with Crippen molar-refractivity contribution in [3.63, 3.8) is 0 Å². The molecule has 1 aromatic rings. The highest BCUT2D eigenvalue weighted by Crippen LogP contribution is 2.12. The number of hydrogen-bond acceptors (Lipinski definition) is 3. The Kier molecular flexibility index (Phi) is 2.49. The Bertz CT molecular complexity index is 278. The minimum absolute atomic E-state index is 0.755. The second-order valence-electron chi connectivity index (χ2n) is 1.95. The standard InChI is InChI=1S/C8H9N3/c1-9-6-8-7(10-2)4-3-5-11-8/h3-6H,2H2,1H3. The summed E-state index contributed by atoms with van der Waals surface area (Å²) in [4.78, 5) is 11.7. The van der Waals surface area contributed by atoms with Crippen molar-refractivity contribution in [2.75, 3.05) is 7.05 Å². The van der Waals surface area contributed by atoms with Crippen LogP contribution in [-0.2, 0) is 0 Å². The van der Waals surface area contributed by atoms with Crippen molar-refractivity contribution < 1.29 is 0 Å². The fourth-order valence-electron chi connectivity index (χ4n) is 0.764. The zero-order chi connectivity index (χ0) is 8.10. The van der Waals surface area contributed by atoms with Gasteiger partial charge in [0.25, 0.3) is 0 Å². The van der Waals surface area contributed by atoms with E-state index in [-0.39, 0.29) is 0 Å². The van der Waals surface area contributed by atoms with Gasteiger partial charge in [-0.2, -0.15) is 0 Å². The molecule has 0 atom stereocenters. The van der Waals surface area contributed by atoms with Gasteiger partial charge in [-0.15, -0.1) is 0 Å². The number of rotatable bonds is 2. The van der Waals surface area contributed by atoms with Gasteiger partial charge in [0.2, 0.25) is 0 Å². The van der Waals surface area contributed by atoms with Gasteiger partial charge >= 0.3 is 0 Å². The molecule has 0 aliphatic heterocycles. The predicted octanol–water partition coefficient (Wildman–Crippen LogP) is 1.46. The normalized spacial score (nSPS) is 10.3. The summed E-state index contributed by atoms with van der Waals surface area (Å²) in [5, 5.41) is 0. The summed E-state index contributed by atoms with van der Waals surface area (Å²) >= 11 is 0. The minimum Gasteiger partial charge on any atom is -0.294 e. The van der Waals surface area contributed by atoms with Crippen LogP contribution in [0.1, 0.15) is 5.69 Å². The first-order chi connectivity index (χ1) is 5.38. The van der Waals surface area contributed by atoms with Gasteiger partial charge in [-0.05, 0) is 18.9 Å². The van der Waals surface area contributed by atoms with Gasteiger partial charge in [0, 0.05) is 19.5 Å². The molecule has 0 bridgehead atoms. The molecule has 1 rings (SSSR count). The summed E-state index contributed by atoms with van der Waals surface area (Å²) in [6, 6.07) is 3.66. The Morgan fingerprint density at radius 3 is 3.09 bits per heavy atom. The van der Waals surface area contributed by atoms with Crippen molar-refractivity contribution in [2.45, 2.75) is 0 Å². The van der Waals surface area contributed by atoms with Crippen molar-refractivity contribution in [1.82, 2.24) is 4.98 Å². The lowest BCUT2D eigenvalue weighted by Gasteiger charge is -1.94. The van der Waals surface area contributed by atoms with Gasteiger partial charge in [0.05, 0.1) is 5.69 Å². The summed E-state index contributed by atoms with van der Waals surface area (Å²) in [6.45, 7) is 3.42. The van der Waals surface area contributed by atoms with E-state index in [1.165, 1.54) is 0 Å². The fraction of sp³-hybridized carbons (Fsp3) is 0.125. The molecule has 0 saturated carbocycles. The fourth-order valence-corrected chi connectivity index (χ4v) is 0.764. The van der Waals surface area contributed by atoms with Crippen LogP contribution in [-0.4, -0.2) is 25.0 Å². The smallest absolute Gasteiger partial charge is 0.106 e. The van der Waals surface area contributed by atoms with Gasteiger partial charge < -0.3 is 0 Å². The molecule has 0 amide bonds. The van der Waals surface area contributed by atoms with Crippen LogP contribution in [0.4, 0.5) is 5.69 Å². The van der Waals surface area contributed by atoms with Crippen molar-refractivity contribution in [3.8, 4) is 0 Å². The lowest BCUT2D eigenvalue weighted by Crippen LogP contribution is -1.85. The Morgan fingerprint density at radius 2 is 2.45 bits per heavy atom. The van der Waals surface area contributed by atoms with Gasteiger partial charge in [0.1, 0.15) is 5.69 Å². The third kappa shape index (κ3) is 1.70. The van der Waals surface area contributed by atoms with Crippen LogP contribution in [0.15, 0.2) is 28.3 Å². The third-order valence-electron chi connectivity index (χ3n) is 1.24. The summed E-state index contributed by atoms with van der Waals surface area (Å²) in [5.74, 6) is 0. The Hall–Kier alpha value is -1.51. The van der Waals surface area contributed by atoms with E-state index in [9.17, 15) is 0 Å². The summed E-state index contributed by atoms with van der Waals surface area (Å²) < 4.78 is 0. The molecule has 0 aliphatic carbocycles. The first-order valence-electron chi connectivity index (χ1n) is 3.22. The van der Waals surface area contributed by atoms with E-state index >= 15 is 0 Å². The minimum atomic E-state index is 0.755. The molecule has 0 saturated heterocycles. The molecule has 0 aromatic carbocycles. The molecule has 0 spiro atoms. The van der Waals surface area contributed by atoms with E-state index in [0.29, 0.717) is 0 Å². The molecule has 0 aliphatic rings. The lowest BCUT2D eigenvalue weighted by molar-refractivity contribution is 1.28. The summed E-state index contributed by atoms with van der Waals surface area (Å²) in [7, 11) is 1.70. The molecule has 11 heavy (non-hydrogen) atoms. The van der Waals surface area contributed by atoms with E-state index in [2.05, 4.69) is 21.7 Å². The summed E-state index contributed by atoms with van der Waals surface area (Å²) in [6.07, 6.45) is 3.36. The monoisotopic (exact) mass is 147 g/mol. The van der Waals surface area contributed by atoms with E-state index in [0.717, 1.165) is 11.4 Å². The average molecular weight is 147 g/mol. The molecule has 3 heteroatoms. The van der Waals surface area contributed by atoms with Crippen molar-refractivity contribution in [3.05, 3.63) is 24.0 Å². The van der Waals surface area contributed by atoms with Crippen LogP contribution >= 0.6 is 0 Å². The average Bonchev–Trinajstić information content (AvgIpc) is 2.06. The molecule has 0 radical (unpaired) electrons. The number of aromatic nitrogens is 1. The topological polar surface area (TPSA) is 37.6 Å². The van der Waals surface area contributed by atoms with Gasteiger partial charge in [-0.25, -0.2) is 0 Å². The Morgan fingerprint density at radius 1 is 1.64 bits per heavy atom. The number of pyridine rings is 1. The maximum atomic E-state index is 4.06. The summed E-state index contributed by atoms with van der Waals surface area (Å²) in [5.41, 5.74) is 1.52. The molecule has 1 aromatic heterocycles. The molecule has 0 fully saturated rings. The molecule has 0 N–H and O–H groups in total. The van der Waals surface area contributed by atoms with Crippen LogP contribution in [0.5, 0.6) is 0 Å². The van der Waals surface area contributed by atoms with Crippen molar-refractivity contribution in [1.29, 1.82) is 0 Å². The lowest BCUT2D eigenvalue weighted by atomic mass is 10.3. The van der Waals surface area contributed by atoms with Crippen LogP contribution in [0.25, 0.3) is 0 Å². The third-order valence-corrected chi connectivity index (χ3v) is 1.24. The first-order valence-corrected chi connectivity index (χ1v) is 3.22. The Balaban J connectivity index is 3.11. The second-order valence-corrected chi connectivity index (χ2v) is 1.95. The quantitative estimate of drug-likeness (QED) is 0.583. The van der Waals surface area contributed by atoms with Crippen LogP contribution in [0, 0.1) is 0 Å². The van der Waals surface area contributed by atoms with E-state index in [1.54, 1.807) is 19.5 Å². The molecular formula is C8H9N3. The number of aliphatic imine (C=N–C) groups is 2. The Labute approximate surface area is 65.5 Å². The zero-order valence-electron chi connectivity index (χ0n) is 6.36. The van der Waals surface area contributed by atoms with Crippen LogP contribution in [0.3, 0.4) is 0 Å². The molecule has 0 unspecified atom stereocenters. The first kappa shape index (κ1) is 7.60. The van der Waals surface area contributed by atoms with Gasteiger partial charge in [0.15, 0.2) is 0 Å². The van der Waals surface area contributed by atoms with Crippen molar-refractivity contribution in [2.24, 2.45) is 9.98 Å². The van der Waals surface area contributed by atoms with Crippen LogP contribution in [0.2, 0.25) is 0 Å².